The van der Waals surface area contributed by atoms with Crippen LogP contribution < -0.4 is 10.6 Å². The lowest BCUT2D eigenvalue weighted by Crippen LogP contribution is -2.17. The number of alkyl halides is 3. The molecule has 2 aromatic rings. The first-order valence-corrected chi connectivity index (χ1v) is 8.57. The van der Waals surface area contributed by atoms with Crippen LogP contribution in [0, 0.1) is 5.18 Å². The normalized spacial score (nSPS) is 10.8. The molecule has 1 heterocycles. The first-order valence-electron chi connectivity index (χ1n) is 6.96. The molecule has 0 atom stereocenters. The predicted octanol–water partition coefficient (Wildman–Crippen LogP) is 5.23. The Labute approximate surface area is 154 Å². The molecule has 132 valence electrons. The molecule has 2 N–H and O–H groups in total. The van der Waals surface area contributed by atoms with Crippen LogP contribution in [0.5, 0.6) is 0 Å². The van der Waals surface area contributed by atoms with Gasteiger partial charge in [-0.15, -0.1) is 0 Å². The lowest BCUT2D eigenvalue weighted by atomic mass is 10.1. The Kier molecular flexibility index (Phi) is 6.05. The van der Waals surface area contributed by atoms with E-state index < -0.39 is 17.6 Å². The van der Waals surface area contributed by atoms with Gasteiger partial charge < -0.3 is 10.6 Å². The number of amides is 1. The third-order valence-electron chi connectivity index (χ3n) is 3.11. The van der Waals surface area contributed by atoms with Crippen LogP contribution in [0.25, 0.3) is 0 Å². The number of benzene rings is 1. The van der Waals surface area contributed by atoms with Gasteiger partial charge in [0, 0.05) is 17.7 Å². The van der Waals surface area contributed by atoms with Crippen LogP contribution in [0.1, 0.15) is 23.0 Å². The summed E-state index contributed by atoms with van der Waals surface area (Å²) >= 11 is 4.28. The van der Waals surface area contributed by atoms with Crippen molar-refractivity contribution < 1.29 is 18.0 Å². The Morgan fingerprint density at radius 1 is 1.36 bits per heavy atom. The van der Waals surface area contributed by atoms with Gasteiger partial charge in [0.25, 0.3) is 5.91 Å². The van der Waals surface area contributed by atoms with Crippen molar-refractivity contribution in [3.8, 4) is 5.18 Å². The van der Waals surface area contributed by atoms with Crippen molar-refractivity contribution in [1.29, 1.82) is 0 Å². The van der Waals surface area contributed by atoms with E-state index in [1.165, 1.54) is 17.4 Å². The van der Waals surface area contributed by atoms with Crippen LogP contribution in [0.15, 0.2) is 39.8 Å². The van der Waals surface area contributed by atoms with Gasteiger partial charge in [0.05, 0.1) is 21.8 Å². The second-order valence-electron chi connectivity index (χ2n) is 4.74. The summed E-state index contributed by atoms with van der Waals surface area (Å²) in [5, 5.41) is 8.10. The quantitative estimate of drug-likeness (QED) is 0.699. The number of nitrogens with one attached hydrogen (secondary N) is 2. The average molecular weight is 432 g/mol. The molecule has 0 aliphatic heterocycles. The van der Waals surface area contributed by atoms with Crippen LogP contribution in [0.3, 0.4) is 0 Å². The van der Waals surface area contributed by atoms with Crippen molar-refractivity contribution in [2.24, 2.45) is 0 Å². The van der Waals surface area contributed by atoms with Gasteiger partial charge in [0.2, 0.25) is 0 Å². The van der Waals surface area contributed by atoms with Gasteiger partial charge in [-0.3, -0.25) is 4.79 Å². The van der Waals surface area contributed by atoms with Crippen molar-refractivity contribution in [1.82, 2.24) is 4.98 Å². The summed E-state index contributed by atoms with van der Waals surface area (Å²) in [4.78, 5) is 17.1. The number of carbonyl (C=O) groups excluding carboxylic acids is 1. The van der Waals surface area contributed by atoms with Gasteiger partial charge in [0.1, 0.15) is 5.69 Å². The molecule has 0 fully saturated rings. The van der Waals surface area contributed by atoms with E-state index in [-0.39, 0.29) is 15.9 Å². The van der Waals surface area contributed by atoms with E-state index in [1.54, 1.807) is 26.1 Å². The maximum atomic E-state index is 13.0. The maximum absolute atomic E-state index is 13.0. The molecule has 0 bridgehead atoms. The fourth-order valence-corrected chi connectivity index (χ4v) is 3.32. The molecular weight excluding hydrogens is 419 g/mol. The first kappa shape index (κ1) is 19.2. The van der Waals surface area contributed by atoms with Crippen LogP contribution >= 0.6 is 27.1 Å². The summed E-state index contributed by atoms with van der Waals surface area (Å²) < 4.78 is 39.3. The molecule has 0 aliphatic carbocycles. The standard InChI is InChI=1S/C16H13BrF3N3OS/c1-3-25-12-5-4-6-22-14(12)15(24)23-11-8-9(16(18,19)20)7-10(17)13(11)21-2/h4-8,21H,1-2H3,(H,23,24). The minimum Gasteiger partial charge on any atom is -0.386 e. The number of hydrogen-bond acceptors (Lipinski definition) is 3. The smallest absolute Gasteiger partial charge is 0.386 e. The third-order valence-corrected chi connectivity index (χ3v) is 4.49. The fourth-order valence-electron chi connectivity index (χ4n) is 2.06. The van der Waals surface area contributed by atoms with Gasteiger partial charge in [-0.05, 0) is 47.1 Å². The minimum atomic E-state index is -4.54. The largest absolute Gasteiger partial charge is 0.416 e. The molecule has 0 radical (unpaired) electrons. The first-order chi connectivity index (χ1) is 11.8. The summed E-state index contributed by atoms with van der Waals surface area (Å²) in [6.45, 7) is 1.68. The van der Waals surface area contributed by atoms with E-state index in [0.29, 0.717) is 10.6 Å². The highest BCUT2D eigenvalue weighted by Gasteiger charge is 2.32. The highest BCUT2D eigenvalue weighted by Crippen LogP contribution is 2.39. The molecule has 1 aromatic heterocycles. The van der Waals surface area contributed by atoms with Crippen LogP contribution in [0.2, 0.25) is 0 Å². The Balaban J connectivity index is 2.47. The lowest BCUT2D eigenvalue weighted by molar-refractivity contribution is -0.137. The molecule has 1 aromatic carbocycles. The number of rotatable bonds is 3. The summed E-state index contributed by atoms with van der Waals surface area (Å²) in [6.07, 6.45) is -3.10. The molecule has 0 saturated carbocycles. The van der Waals surface area contributed by atoms with E-state index >= 15 is 0 Å². The number of nitrogens with zero attached hydrogens (tertiary/aromatic N) is 1. The zero-order valence-corrected chi connectivity index (χ0v) is 15.6. The predicted molar refractivity (Wildman–Crippen MR) is 96.3 cm³/mol. The van der Waals surface area contributed by atoms with Crippen molar-refractivity contribution in [3.05, 3.63) is 46.2 Å². The number of hydrogen-bond donors (Lipinski definition) is 2. The molecule has 9 heteroatoms. The molecule has 25 heavy (non-hydrogen) atoms. The summed E-state index contributed by atoms with van der Waals surface area (Å²) in [7, 11) is 1.55. The Morgan fingerprint density at radius 2 is 2.08 bits per heavy atom. The van der Waals surface area contributed by atoms with Crippen molar-refractivity contribution in [3.63, 3.8) is 0 Å². The molecule has 1 amide bonds. The number of halogens is 4. The van der Waals surface area contributed by atoms with Gasteiger partial charge >= 0.3 is 6.18 Å². The monoisotopic (exact) mass is 431 g/mol. The Morgan fingerprint density at radius 3 is 2.68 bits per heavy atom. The van der Waals surface area contributed by atoms with Crippen LogP contribution in [-0.4, -0.2) is 17.9 Å². The number of aromatic nitrogens is 1. The SMILES string of the molecule is CC#Sc1cccnc1C(=O)Nc1cc(C(F)(F)F)cc(Br)c1NC. The summed E-state index contributed by atoms with van der Waals surface area (Å²) in [6, 6.07) is 5.17. The molecule has 4 nitrogen and oxygen atoms in total. The van der Waals surface area contributed by atoms with Crippen molar-refractivity contribution >= 4 is 44.4 Å². The lowest BCUT2D eigenvalue weighted by Gasteiger charge is -2.16. The van der Waals surface area contributed by atoms with E-state index in [4.69, 9.17) is 0 Å². The maximum Gasteiger partial charge on any atom is 0.416 e. The van der Waals surface area contributed by atoms with Gasteiger partial charge in [-0.25, -0.2) is 4.98 Å². The second kappa shape index (κ2) is 7.86. The third kappa shape index (κ3) is 4.50. The fraction of sp³-hybridized carbons (Fsp3) is 0.188. The molecule has 0 unspecified atom stereocenters. The van der Waals surface area contributed by atoms with Crippen LogP contribution in [0.4, 0.5) is 24.5 Å². The van der Waals surface area contributed by atoms with Gasteiger partial charge in [0.15, 0.2) is 0 Å². The molecular formula is C16H13BrF3N3OS. The number of anilines is 2. The number of carbonyl (C=O) groups is 1. The zero-order valence-electron chi connectivity index (χ0n) is 13.2. The molecule has 0 aliphatic rings. The van der Waals surface area contributed by atoms with Gasteiger partial charge in [-0.1, -0.05) is 16.4 Å². The van der Waals surface area contributed by atoms with Crippen LogP contribution in [-0.2, 0) is 6.18 Å². The van der Waals surface area contributed by atoms with E-state index in [0.717, 1.165) is 12.1 Å². The summed E-state index contributed by atoms with van der Waals surface area (Å²) in [5.74, 6) is -0.610. The zero-order chi connectivity index (χ0) is 18.6. The highest BCUT2D eigenvalue weighted by atomic mass is 79.9. The highest BCUT2D eigenvalue weighted by molar-refractivity contribution is 9.10. The van der Waals surface area contributed by atoms with Crippen molar-refractivity contribution in [2.75, 3.05) is 17.7 Å². The molecule has 2 rings (SSSR count). The summed E-state index contributed by atoms with van der Waals surface area (Å²) in [5.41, 5.74) is -0.433. The average Bonchev–Trinajstić information content (AvgIpc) is 2.54. The van der Waals surface area contributed by atoms with E-state index in [2.05, 4.69) is 36.7 Å². The van der Waals surface area contributed by atoms with E-state index in [9.17, 15) is 18.0 Å². The minimum absolute atomic E-state index is 0.000241. The van der Waals surface area contributed by atoms with Crippen molar-refractivity contribution in [2.45, 2.75) is 18.0 Å². The van der Waals surface area contributed by atoms with Gasteiger partial charge in [-0.2, -0.15) is 13.2 Å². The Bertz CT molecular complexity index is 875. The topological polar surface area (TPSA) is 54.0 Å². The molecule has 0 saturated heterocycles. The second-order valence-corrected chi connectivity index (χ2v) is 6.65. The molecule has 0 spiro atoms. The van der Waals surface area contributed by atoms with E-state index in [1.807, 2.05) is 0 Å². The number of pyridine rings is 1. The Hall–Kier alpha value is -2.09.